The Morgan fingerprint density at radius 1 is 1.41 bits per heavy atom. The lowest BCUT2D eigenvalue weighted by Crippen LogP contribution is -2.14. The number of carbonyl (C=O) groups is 2. The van der Waals surface area contributed by atoms with Gasteiger partial charge in [-0.3, -0.25) is 9.59 Å². The zero-order valence-corrected chi connectivity index (χ0v) is 15.9. The fraction of sp³-hybridized carbons (Fsp3) is 0.211. The average Bonchev–Trinajstić information content (AvgIpc) is 3.21. The molecular formula is C19H16ClFN2O3S. The summed E-state index contributed by atoms with van der Waals surface area (Å²) in [5.74, 6) is -0.804. The van der Waals surface area contributed by atoms with E-state index in [2.05, 4.69) is 10.3 Å². The molecule has 0 radical (unpaired) electrons. The second kappa shape index (κ2) is 8.02. The van der Waals surface area contributed by atoms with Crippen LogP contribution in [-0.4, -0.2) is 28.6 Å². The number of aryl methyl sites for hydroxylation is 1. The van der Waals surface area contributed by atoms with E-state index in [-0.39, 0.29) is 12.4 Å². The smallest absolute Gasteiger partial charge is 0.290 e. The van der Waals surface area contributed by atoms with Crippen molar-refractivity contribution in [2.24, 2.45) is 5.92 Å². The van der Waals surface area contributed by atoms with Gasteiger partial charge in [-0.15, -0.1) is 0 Å². The number of aromatic nitrogens is 1. The average molecular weight is 407 g/mol. The van der Waals surface area contributed by atoms with Crippen molar-refractivity contribution in [1.82, 2.24) is 4.98 Å². The molecule has 1 aliphatic carbocycles. The first-order valence-corrected chi connectivity index (χ1v) is 9.33. The van der Waals surface area contributed by atoms with E-state index in [1.54, 1.807) is 0 Å². The summed E-state index contributed by atoms with van der Waals surface area (Å²) in [6.45, 7) is 1.77. The largest absolute Gasteiger partial charge is 0.483 e. The van der Waals surface area contributed by atoms with Gasteiger partial charge in [-0.2, -0.15) is 0 Å². The van der Waals surface area contributed by atoms with Crippen molar-refractivity contribution in [1.29, 1.82) is 0 Å². The van der Waals surface area contributed by atoms with E-state index >= 15 is 0 Å². The molecule has 1 aromatic heterocycles. The van der Waals surface area contributed by atoms with Gasteiger partial charge in [-0.1, -0.05) is 41.1 Å². The maximum atomic E-state index is 13.0. The summed E-state index contributed by atoms with van der Waals surface area (Å²) in [6, 6.07) is 11.7. The molecule has 0 aliphatic heterocycles. The number of halogens is 2. The van der Waals surface area contributed by atoms with Gasteiger partial charge >= 0.3 is 0 Å². The van der Waals surface area contributed by atoms with Crippen LogP contribution in [0.15, 0.2) is 36.4 Å². The van der Waals surface area contributed by atoms with Crippen LogP contribution in [0.5, 0.6) is 0 Å². The van der Waals surface area contributed by atoms with Crippen LogP contribution in [0, 0.1) is 12.8 Å². The molecular weight excluding hydrogens is 391 g/mol. The molecule has 0 bridgehead atoms. The van der Waals surface area contributed by atoms with Crippen molar-refractivity contribution in [3.05, 3.63) is 47.0 Å². The predicted octanol–water partition coefficient (Wildman–Crippen LogP) is 4.92. The number of anilines is 1. The number of carbonyl (C=O) groups excluding carboxylic acids is 1. The number of nitrogens with one attached hydrogen (secondary N) is 1. The standard InChI is InChI=1S/C18H14ClFN2OS.CH2O2/c1-9-3-2-4-12(19)16(9)10-5-6-14-15(7-10)24-18(21-14)22-17(23)11-8-13(11)20;2-1-3/h2-7,11,13H,8H2,1H3,(H,21,22,23);1H,(H,2,3)/t11-,13+;/m1./s1. The number of rotatable bonds is 3. The monoisotopic (exact) mass is 406 g/mol. The second-order valence-corrected chi connectivity index (χ2v) is 7.52. The molecule has 1 amide bonds. The molecule has 2 atom stereocenters. The van der Waals surface area contributed by atoms with E-state index in [1.807, 2.05) is 43.3 Å². The topological polar surface area (TPSA) is 79.3 Å². The van der Waals surface area contributed by atoms with Crippen LogP contribution in [0.3, 0.4) is 0 Å². The van der Waals surface area contributed by atoms with E-state index < -0.39 is 12.1 Å². The zero-order valence-electron chi connectivity index (χ0n) is 14.3. The minimum Gasteiger partial charge on any atom is -0.483 e. The van der Waals surface area contributed by atoms with Crippen LogP contribution in [-0.2, 0) is 9.59 Å². The van der Waals surface area contributed by atoms with Crippen LogP contribution in [0.25, 0.3) is 21.3 Å². The fourth-order valence-corrected chi connectivity index (χ4v) is 4.00. The van der Waals surface area contributed by atoms with Crippen molar-refractivity contribution >= 4 is 50.7 Å². The Balaban J connectivity index is 0.000000659. The van der Waals surface area contributed by atoms with Gasteiger partial charge < -0.3 is 10.4 Å². The molecule has 1 saturated carbocycles. The van der Waals surface area contributed by atoms with Crippen molar-refractivity contribution in [2.45, 2.75) is 19.5 Å². The highest BCUT2D eigenvalue weighted by Crippen LogP contribution is 2.37. The van der Waals surface area contributed by atoms with Crippen molar-refractivity contribution in [3.63, 3.8) is 0 Å². The van der Waals surface area contributed by atoms with Crippen LogP contribution >= 0.6 is 22.9 Å². The van der Waals surface area contributed by atoms with Crippen molar-refractivity contribution in [2.75, 3.05) is 5.32 Å². The first kappa shape index (κ1) is 19.3. The van der Waals surface area contributed by atoms with Crippen LogP contribution in [0.2, 0.25) is 5.02 Å². The number of benzene rings is 2. The third kappa shape index (κ3) is 4.26. The molecule has 3 aromatic rings. The summed E-state index contributed by atoms with van der Waals surface area (Å²) in [5.41, 5.74) is 3.91. The Kier molecular flexibility index (Phi) is 5.72. The summed E-state index contributed by atoms with van der Waals surface area (Å²) in [5, 5.41) is 10.8. The molecule has 4 rings (SSSR count). The van der Waals surface area contributed by atoms with Gasteiger partial charge in [-0.05, 0) is 42.7 Å². The summed E-state index contributed by atoms with van der Waals surface area (Å²) in [7, 11) is 0. The number of nitrogens with zero attached hydrogens (tertiary/aromatic N) is 1. The highest BCUT2D eigenvalue weighted by Gasteiger charge is 2.43. The lowest BCUT2D eigenvalue weighted by Gasteiger charge is -2.08. The van der Waals surface area contributed by atoms with Crippen LogP contribution < -0.4 is 5.32 Å². The number of alkyl halides is 1. The third-order valence-corrected chi connectivity index (χ3v) is 5.43. The predicted molar refractivity (Wildman–Crippen MR) is 105 cm³/mol. The van der Waals surface area contributed by atoms with E-state index in [4.69, 9.17) is 21.5 Å². The molecule has 27 heavy (non-hydrogen) atoms. The molecule has 5 nitrogen and oxygen atoms in total. The highest BCUT2D eigenvalue weighted by atomic mass is 35.5. The SMILES string of the molecule is Cc1cccc(Cl)c1-c1ccc2nc(NC(=O)[C@@H]3C[C@@H]3F)sc2c1.O=CO. The van der Waals surface area contributed by atoms with Crippen LogP contribution in [0.4, 0.5) is 9.52 Å². The molecule has 2 N–H and O–H groups in total. The molecule has 8 heteroatoms. The Bertz CT molecular complexity index is 988. The normalized spacial score (nSPS) is 17.7. The van der Waals surface area contributed by atoms with Crippen LogP contribution in [0.1, 0.15) is 12.0 Å². The maximum Gasteiger partial charge on any atom is 0.290 e. The van der Waals surface area contributed by atoms with Gasteiger partial charge in [0.25, 0.3) is 6.47 Å². The number of thiazole rings is 1. The molecule has 1 fully saturated rings. The maximum absolute atomic E-state index is 13.0. The van der Waals surface area contributed by atoms with E-state index in [1.165, 1.54) is 11.3 Å². The van der Waals surface area contributed by atoms with Gasteiger partial charge in [0.1, 0.15) is 6.17 Å². The molecule has 1 heterocycles. The quantitative estimate of drug-likeness (QED) is 0.605. The molecule has 2 aromatic carbocycles. The van der Waals surface area contributed by atoms with Gasteiger partial charge in [0, 0.05) is 10.6 Å². The molecule has 0 unspecified atom stereocenters. The van der Waals surface area contributed by atoms with Gasteiger partial charge in [-0.25, -0.2) is 9.37 Å². The Morgan fingerprint density at radius 2 is 2.11 bits per heavy atom. The van der Waals surface area contributed by atoms with Crippen molar-refractivity contribution < 1.29 is 19.1 Å². The minimum atomic E-state index is -1.01. The molecule has 1 aliphatic rings. The van der Waals surface area contributed by atoms with E-state index in [9.17, 15) is 9.18 Å². The Labute approximate surface area is 163 Å². The Morgan fingerprint density at radius 3 is 2.74 bits per heavy atom. The van der Waals surface area contributed by atoms with E-state index in [0.717, 1.165) is 26.9 Å². The molecule has 0 spiro atoms. The number of hydrogen-bond donors (Lipinski definition) is 2. The summed E-state index contributed by atoms with van der Waals surface area (Å²) in [4.78, 5) is 24.6. The number of carboxylic acid groups (broad SMARTS) is 1. The van der Waals surface area contributed by atoms with Gasteiger partial charge in [0.2, 0.25) is 5.91 Å². The fourth-order valence-electron chi connectivity index (χ4n) is 2.76. The van der Waals surface area contributed by atoms with Gasteiger partial charge in [0.05, 0.1) is 16.1 Å². The Hall–Kier alpha value is -2.51. The number of fused-ring (bicyclic) bond motifs is 1. The second-order valence-electron chi connectivity index (χ2n) is 6.09. The molecule has 140 valence electrons. The lowest BCUT2D eigenvalue weighted by molar-refractivity contribution is -0.123. The minimum absolute atomic E-state index is 0.250. The van der Waals surface area contributed by atoms with E-state index in [0.29, 0.717) is 16.6 Å². The van der Waals surface area contributed by atoms with Gasteiger partial charge in [0.15, 0.2) is 5.13 Å². The molecule has 0 saturated heterocycles. The number of hydrogen-bond acceptors (Lipinski definition) is 4. The third-order valence-electron chi connectivity index (χ3n) is 4.18. The first-order valence-electron chi connectivity index (χ1n) is 8.13. The summed E-state index contributed by atoms with van der Waals surface area (Å²) in [6.07, 6.45) is -0.693. The lowest BCUT2D eigenvalue weighted by atomic mass is 10.0. The van der Waals surface area contributed by atoms with Crippen molar-refractivity contribution in [3.8, 4) is 11.1 Å². The summed E-state index contributed by atoms with van der Waals surface area (Å²) >= 11 is 7.72. The summed E-state index contributed by atoms with van der Waals surface area (Å²) < 4.78 is 13.9. The highest BCUT2D eigenvalue weighted by molar-refractivity contribution is 7.22. The zero-order chi connectivity index (χ0) is 19.6. The number of amides is 1. The first-order chi connectivity index (χ1) is 12.9.